The van der Waals surface area contributed by atoms with Crippen molar-refractivity contribution in [1.82, 2.24) is 5.32 Å². The van der Waals surface area contributed by atoms with Gasteiger partial charge in [-0.25, -0.2) is 4.39 Å². The lowest BCUT2D eigenvalue weighted by molar-refractivity contribution is -0.128. The van der Waals surface area contributed by atoms with Gasteiger partial charge in [0.15, 0.2) is 0 Å². The highest BCUT2D eigenvalue weighted by Gasteiger charge is 2.29. The van der Waals surface area contributed by atoms with Crippen LogP contribution in [0.25, 0.3) is 0 Å². The summed E-state index contributed by atoms with van der Waals surface area (Å²) in [5, 5.41) is 5.88. The summed E-state index contributed by atoms with van der Waals surface area (Å²) < 4.78 is 12.9. The van der Waals surface area contributed by atoms with Gasteiger partial charge in [-0.3, -0.25) is 9.59 Å². The van der Waals surface area contributed by atoms with Crippen molar-refractivity contribution in [2.45, 2.75) is 39.2 Å². The Labute approximate surface area is 159 Å². The number of nitrogens with one attached hydrogen (secondary N) is 2. The summed E-state index contributed by atoms with van der Waals surface area (Å²) in [5.41, 5.74) is 2.83. The minimum atomic E-state index is -0.285. The summed E-state index contributed by atoms with van der Waals surface area (Å²) in [6, 6.07) is 13.9. The van der Waals surface area contributed by atoms with Crippen LogP contribution in [-0.2, 0) is 16.1 Å². The second kappa shape index (κ2) is 8.80. The Kier molecular flexibility index (Phi) is 6.22. The van der Waals surface area contributed by atoms with Crippen LogP contribution in [0.5, 0.6) is 0 Å². The molecule has 0 unspecified atom stereocenters. The van der Waals surface area contributed by atoms with Crippen LogP contribution < -0.4 is 10.6 Å². The lowest BCUT2D eigenvalue weighted by Gasteiger charge is -2.27. The van der Waals surface area contributed by atoms with Crippen molar-refractivity contribution in [2.24, 2.45) is 11.8 Å². The van der Waals surface area contributed by atoms with Crippen LogP contribution in [0.3, 0.4) is 0 Å². The standard InChI is InChI=1S/C22H25FN2O2/c1-15-2-12-20(13-3-15)25-22(27)18-8-6-17(7-9-18)21(26)24-14-16-4-10-19(23)11-5-16/h2-5,10-13,17-18H,6-9,14H2,1H3,(H,24,26)(H,25,27). The van der Waals surface area contributed by atoms with Crippen molar-refractivity contribution in [2.75, 3.05) is 5.32 Å². The molecule has 0 aromatic heterocycles. The molecule has 2 N–H and O–H groups in total. The van der Waals surface area contributed by atoms with E-state index in [1.165, 1.54) is 12.1 Å². The van der Waals surface area contributed by atoms with Crippen molar-refractivity contribution in [3.05, 3.63) is 65.5 Å². The first-order chi connectivity index (χ1) is 13.0. The quantitative estimate of drug-likeness (QED) is 0.831. The highest BCUT2D eigenvalue weighted by Crippen LogP contribution is 2.30. The van der Waals surface area contributed by atoms with Crippen LogP contribution in [0, 0.1) is 24.6 Å². The first-order valence-electron chi connectivity index (χ1n) is 9.41. The summed E-state index contributed by atoms with van der Waals surface area (Å²) in [6.07, 6.45) is 2.85. The number of hydrogen-bond donors (Lipinski definition) is 2. The van der Waals surface area contributed by atoms with Crippen LogP contribution in [0.2, 0.25) is 0 Å². The molecule has 1 saturated carbocycles. The molecule has 0 atom stereocenters. The largest absolute Gasteiger partial charge is 0.352 e. The third kappa shape index (κ3) is 5.39. The Bertz CT molecular complexity index is 779. The second-order valence-corrected chi connectivity index (χ2v) is 7.25. The molecule has 1 aliphatic rings. The average Bonchev–Trinajstić information content (AvgIpc) is 2.69. The summed E-state index contributed by atoms with van der Waals surface area (Å²) in [4.78, 5) is 24.8. The van der Waals surface area contributed by atoms with E-state index in [2.05, 4.69) is 10.6 Å². The van der Waals surface area contributed by atoms with Crippen LogP contribution in [0.4, 0.5) is 10.1 Å². The van der Waals surface area contributed by atoms with Gasteiger partial charge in [-0.2, -0.15) is 0 Å². The van der Waals surface area contributed by atoms with Crippen molar-refractivity contribution < 1.29 is 14.0 Å². The maximum absolute atomic E-state index is 12.9. The number of hydrogen-bond acceptors (Lipinski definition) is 2. The molecule has 1 aliphatic carbocycles. The summed E-state index contributed by atoms with van der Waals surface area (Å²) in [7, 11) is 0. The highest BCUT2D eigenvalue weighted by molar-refractivity contribution is 5.92. The summed E-state index contributed by atoms with van der Waals surface area (Å²) in [5.74, 6) is -0.352. The van der Waals surface area contributed by atoms with E-state index >= 15 is 0 Å². The van der Waals surface area contributed by atoms with Crippen LogP contribution in [0.15, 0.2) is 48.5 Å². The van der Waals surface area contributed by atoms with E-state index in [1.807, 2.05) is 31.2 Å². The molecule has 4 nitrogen and oxygen atoms in total. The fourth-order valence-corrected chi connectivity index (χ4v) is 3.43. The van der Waals surface area contributed by atoms with Gasteiger partial charge in [0.25, 0.3) is 0 Å². The van der Waals surface area contributed by atoms with Crippen LogP contribution in [0.1, 0.15) is 36.8 Å². The minimum Gasteiger partial charge on any atom is -0.352 e. The first kappa shape index (κ1) is 19.1. The van der Waals surface area contributed by atoms with E-state index in [9.17, 15) is 14.0 Å². The molecule has 2 amide bonds. The van der Waals surface area contributed by atoms with Gasteiger partial charge >= 0.3 is 0 Å². The van der Waals surface area contributed by atoms with Crippen molar-refractivity contribution in [1.29, 1.82) is 0 Å². The lowest BCUT2D eigenvalue weighted by Crippen LogP contribution is -2.35. The molecule has 0 saturated heterocycles. The van der Waals surface area contributed by atoms with Gasteiger partial charge in [-0.1, -0.05) is 29.8 Å². The van der Waals surface area contributed by atoms with E-state index in [0.717, 1.165) is 16.8 Å². The maximum atomic E-state index is 12.9. The molecule has 142 valence electrons. The van der Waals surface area contributed by atoms with Crippen molar-refractivity contribution in [3.8, 4) is 0 Å². The molecule has 2 aromatic carbocycles. The zero-order chi connectivity index (χ0) is 19.2. The molecule has 1 fully saturated rings. The predicted molar refractivity (Wildman–Crippen MR) is 104 cm³/mol. The number of carbonyl (C=O) groups is 2. The molecule has 27 heavy (non-hydrogen) atoms. The van der Waals surface area contributed by atoms with Gasteiger partial charge in [0.2, 0.25) is 11.8 Å². The summed E-state index contributed by atoms with van der Waals surface area (Å²) >= 11 is 0. The fourth-order valence-electron chi connectivity index (χ4n) is 3.43. The zero-order valence-corrected chi connectivity index (χ0v) is 15.5. The molecule has 3 rings (SSSR count). The molecule has 0 aliphatic heterocycles. The molecule has 0 radical (unpaired) electrons. The Hall–Kier alpha value is -2.69. The molecule has 0 bridgehead atoms. The average molecular weight is 368 g/mol. The topological polar surface area (TPSA) is 58.2 Å². The van der Waals surface area contributed by atoms with Crippen molar-refractivity contribution in [3.63, 3.8) is 0 Å². The zero-order valence-electron chi connectivity index (χ0n) is 15.5. The molecule has 0 heterocycles. The number of halogens is 1. The van der Waals surface area contributed by atoms with E-state index in [1.54, 1.807) is 12.1 Å². The predicted octanol–water partition coefficient (Wildman–Crippen LogP) is 4.20. The summed E-state index contributed by atoms with van der Waals surface area (Å²) in [6.45, 7) is 2.40. The van der Waals surface area contributed by atoms with Crippen molar-refractivity contribution >= 4 is 17.5 Å². The SMILES string of the molecule is Cc1ccc(NC(=O)C2CCC(C(=O)NCc3ccc(F)cc3)CC2)cc1. The van der Waals surface area contributed by atoms with E-state index in [4.69, 9.17) is 0 Å². The number of aryl methyl sites for hydroxylation is 1. The van der Waals surface area contributed by atoms with Gasteiger partial charge < -0.3 is 10.6 Å². The number of amides is 2. The molecule has 2 aromatic rings. The minimum absolute atomic E-state index is 0.0108. The molecule has 0 spiro atoms. The second-order valence-electron chi connectivity index (χ2n) is 7.25. The molecular formula is C22H25FN2O2. The third-order valence-corrected chi connectivity index (χ3v) is 5.17. The monoisotopic (exact) mass is 368 g/mol. The van der Waals surface area contributed by atoms with Gasteiger partial charge in [-0.15, -0.1) is 0 Å². The fraction of sp³-hybridized carbons (Fsp3) is 0.364. The Morgan fingerprint density at radius 3 is 2.04 bits per heavy atom. The Balaban J connectivity index is 1.43. The molecular weight excluding hydrogens is 343 g/mol. The number of benzene rings is 2. The lowest BCUT2D eigenvalue weighted by atomic mass is 9.81. The number of anilines is 1. The first-order valence-corrected chi connectivity index (χ1v) is 9.41. The van der Waals surface area contributed by atoms with Crippen LogP contribution in [-0.4, -0.2) is 11.8 Å². The van der Waals surface area contributed by atoms with E-state index in [-0.39, 0.29) is 29.5 Å². The third-order valence-electron chi connectivity index (χ3n) is 5.17. The molecule has 5 heteroatoms. The highest BCUT2D eigenvalue weighted by atomic mass is 19.1. The van der Waals surface area contributed by atoms with E-state index < -0.39 is 0 Å². The van der Waals surface area contributed by atoms with E-state index in [0.29, 0.717) is 32.2 Å². The normalized spacial score (nSPS) is 19.3. The Morgan fingerprint density at radius 1 is 0.889 bits per heavy atom. The number of rotatable bonds is 5. The van der Waals surface area contributed by atoms with Gasteiger partial charge in [0, 0.05) is 24.1 Å². The van der Waals surface area contributed by atoms with Gasteiger partial charge in [0.1, 0.15) is 5.82 Å². The van der Waals surface area contributed by atoms with Gasteiger partial charge in [-0.05, 0) is 62.4 Å². The maximum Gasteiger partial charge on any atom is 0.227 e. The Morgan fingerprint density at radius 2 is 1.44 bits per heavy atom. The smallest absolute Gasteiger partial charge is 0.227 e. The number of carbonyl (C=O) groups excluding carboxylic acids is 2. The van der Waals surface area contributed by atoms with Gasteiger partial charge in [0.05, 0.1) is 0 Å². The van der Waals surface area contributed by atoms with Crippen LogP contribution >= 0.6 is 0 Å².